The van der Waals surface area contributed by atoms with Crippen molar-refractivity contribution < 1.29 is 10.1 Å². The van der Waals surface area contributed by atoms with E-state index in [0.29, 0.717) is 5.92 Å². The monoisotopic (exact) mass is 278 g/mol. The molecule has 1 atom stereocenters. The van der Waals surface area contributed by atoms with Crippen molar-refractivity contribution in [3.05, 3.63) is 29.3 Å². The molecular weight excluding hydrogens is 246 g/mol. The molecule has 0 bridgehead atoms. The number of hydrogen-bond donors (Lipinski definition) is 1. The van der Waals surface area contributed by atoms with Gasteiger partial charge in [-0.25, -0.2) is 0 Å². The highest BCUT2D eigenvalue weighted by atomic mass is 16.5. The summed E-state index contributed by atoms with van der Waals surface area (Å²) in [5, 5.41) is 2.44. The van der Waals surface area contributed by atoms with Crippen LogP contribution in [0.3, 0.4) is 0 Å². The lowest BCUT2D eigenvalue weighted by Gasteiger charge is -2.13. The Morgan fingerprint density at radius 2 is 1.90 bits per heavy atom. The standard InChI is InChI=1S/C18H31NO/c1-6-16(5)19-11-7-8-12-20-18-13-17(14(2)3)10-9-15(18)4/h9-10,13-14,16,19H,6-8,11-12H2,1-5H3/p+1/t16-/m1/s1. The molecule has 2 heteroatoms. The number of quaternary nitrogens is 1. The Kier molecular flexibility index (Phi) is 7.68. The van der Waals surface area contributed by atoms with Gasteiger partial charge in [0, 0.05) is 0 Å². The quantitative estimate of drug-likeness (QED) is 0.686. The van der Waals surface area contributed by atoms with E-state index in [1.165, 1.54) is 30.5 Å². The van der Waals surface area contributed by atoms with Gasteiger partial charge < -0.3 is 10.1 Å². The van der Waals surface area contributed by atoms with Gasteiger partial charge >= 0.3 is 0 Å². The van der Waals surface area contributed by atoms with Crippen molar-refractivity contribution >= 4 is 0 Å². The number of aryl methyl sites for hydroxylation is 1. The minimum Gasteiger partial charge on any atom is -0.493 e. The summed E-state index contributed by atoms with van der Waals surface area (Å²) in [6.07, 6.45) is 3.61. The lowest BCUT2D eigenvalue weighted by molar-refractivity contribution is -0.686. The second-order valence-corrected chi connectivity index (χ2v) is 6.15. The summed E-state index contributed by atoms with van der Waals surface area (Å²) in [7, 11) is 0. The highest BCUT2D eigenvalue weighted by Crippen LogP contribution is 2.24. The highest BCUT2D eigenvalue weighted by Gasteiger charge is 2.05. The molecule has 20 heavy (non-hydrogen) atoms. The SMILES string of the molecule is CC[C@@H](C)[NH2+]CCCCOc1cc(C(C)C)ccc1C. The fourth-order valence-electron chi connectivity index (χ4n) is 2.13. The highest BCUT2D eigenvalue weighted by molar-refractivity contribution is 5.37. The summed E-state index contributed by atoms with van der Waals surface area (Å²) in [5.74, 6) is 1.62. The average Bonchev–Trinajstić information content (AvgIpc) is 2.43. The second-order valence-electron chi connectivity index (χ2n) is 6.15. The smallest absolute Gasteiger partial charge is 0.122 e. The zero-order valence-electron chi connectivity index (χ0n) is 13.9. The molecule has 1 aromatic rings. The van der Waals surface area contributed by atoms with Gasteiger partial charge in [-0.15, -0.1) is 0 Å². The van der Waals surface area contributed by atoms with E-state index in [-0.39, 0.29) is 0 Å². The van der Waals surface area contributed by atoms with E-state index in [2.05, 4.69) is 58.1 Å². The number of rotatable bonds is 9. The molecule has 0 radical (unpaired) electrons. The molecule has 1 aromatic carbocycles. The third-order valence-corrected chi connectivity index (χ3v) is 3.95. The Morgan fingerprint density at radius 1 is 1.15 bits per heavy atom. The number of hydrogen-bond acceptors (Lipinski definition) is 1. The zero-order chi connectivity index (χ0) is 15.0. The van der Waals surface area contributed by atoms with Crippen molar-refractivity contribution in [1.82, 2.24) is 0 Å². The van der Waals surface area contributed by atoms with Gasteiger partial charge in [-0.2, -0.15) is 0 Å². The first kappa shape index (κ1) is 17.0. The molecule has 0 saturated heterocycles. The summed E-state index contributed by atoms with van der Waals surface area (Å²) in [4.78, 5) is 0. The van der Waals surface area contributed by atoms with Crippen molar-refractivity contribution in [2.24, 2.45) is 0 Å². The van der Waals surface area contributed by atoms with Crippen LogP contribution in [0.4, 0.5) is 0 Å². The van der Waals surface area contributed by atoms with Crippen molar-refractivity contribution in [2.45, 2.75) is 65.8 Å². The summed E-state index contributed by atoms with van der Waals surface area (Å²) in [5.41, 5.74) is 2.59. The molecule has 2 nitrogen and oxygen atoms in total. The van der Waals surface area contributed by atoms with E-state index in [1.54, 1.807) is 0 Å². The van der Waals surface area contributed by atoms with Crippen LogP contribution in [-0.2, 0) is 0 Å². The molecule has 114 valence electrons. The maximum Gasteiger partial charge on any atom is 0.122 e. The maximum atomic E-state index is 5.95. The van der Waals surface area contributed by atoms with Gasteiger partial charge in [0.15, 0.2) is 0 Å². The van der Waals surface area contributed by atoms with Crippen LogP contribution in [0.1, 0.15) is 64.0 Å². The first-order chi connectivity index (χ1) is 9.54. The minimum atomic E-state index is 0.558. The summed E-state index contributed by atoms with van der Waals surface area (Å²) >= 11 is 0. The molecule has 1 rings (SSSR count). The van der Waals surface area contributed by atoms with Crippen LogP contribution in [0.5, 0.6) is 5.75 Å². The van der Waals surface area contributed by atoms with Gasteiger partial charge in [0.25, 0.3) is 0 Å². The number of ether oxygens (including phenoxy) is 1. The maximum absolute atomic E-state index is 5.95. The molecule has 0 heterocycles. The third kappa shape index (κ3) is 5.96. The fourth-order valence-corrected chi connectivity index (χ4v) is 2.13. The van der Waals surface area contributed by atoms with Crippen LogP contribution in [0.2, 0.25) is 0 Å². The van der Waals surface area contributed by atoms with E-state index in [1.807, 2.05) is 0 Å². The van der Waals surface area contributed by atoms with Gasteiger partial charge in [0.2, 0.25) is 0 Å². The molecular formula is C18H32NO+. The van der Waals surface area contributed by atoms with Crippen LogP contribution in [0, 0.1) is 6.92 Å². The van der Waals surface area contributed by atoms with Crippen LogP contribution in [0.15, 0.2) is 18.2 Å². The van der Waals surface area contributed by atoms with Gasteiger partial charge in [-0.3, -0.25) is 0 Å². The number of nitrogens with two attached hydrogens (primary N) is 1. The minimum absolute atomic E-state index is 0.558. The first-order valence-electron chi connectivity index (χ1n) is 8.11. The van der Waals surface area contributed by atoms with Gasteiger partial charge in [-0.1, -0.05) is 32.9 Å². The molecule has 0 amide bonds. The van der Waals surface area contributed by atoms with Crippen LogP contribution < -0.4 is 10.1 Å². The van der Waals surface area contributed by atoms with Crippen molar-refractivity contribution in [2.75, 3.05) is 13.2 Å². The number of unbranched alkanes of at least 4 members (excludes halogenated alkanes) is 1. The van der Waals surface area contributed by atoms with E-state index < -0.39 is 0 Å². The van der Waals surface area contributed by atoms with Crippen LogP contribution in [-0.4, -0.2) is 19.2 Å². The van der Waals surface area contributed by atoms with E-state index in [0.717, 1.165) is 24.8 Å². The largest absolute Gasteiger partial charge is 0.493 e. The van der Waals surface area contributed by atoms with Gasteiger partial charge in [0.05, 0.1) is 19.2 Å². The summed E-state index contributed by atoms with van der Waals surface area (Å²) in [6.45, 7) is 13.1. The molecule has 0 unspecified atom stereocenters. The second kappa shape index (κ2) is 9.02. The molecule has 0 saturated carbocycles. The first-order valence-corrected chi connectivity index (χ1v) is 8.11. The summed E-state index contributed by atoms with van der Waals surface area (Å²) < 4.78 is 5.95. The lowest BCUT2D eigenvalue weighted by Crippen LogP contribution is -2.89. The molecule has 0 fully saturated rings. The molecule has 0 aliphatic rings. The molecule has 0 aliphatic heterocycles. The van der Waals surface area contributed by atoms with E-state index >= 15 is 0 Å². The Balaban J connectivity index is 2.29. The predicted octanol–water partition coefficient (Wildman–Crippen LogP) is 3.64. The topological polar surface area (TPSA) is 25.8 Å². The fraction of sp³-hybridized carbons (Fsp3) is 0.667. The zero-order valence-corrected chi connectivity index (χ0v) is 13.9. The molecule has 0 spiro atoms. The molecule has 2 N–H and O–H groups in total. The van der Waals surface area contributed by atoms with Crippen molar-refractivity contribution in [1.29, 1.82) is 0 Å². The Morgan fingerprint density at radius 3 is 2.55 bits per heavy atom. The Labute approximate surface area is 124 Å². The molecule has 0 aromatic heterocycles. The predicted molar refractivity (Wildman–Crippen MR) is 86.5 cm³/mol. The third-order valence-electron chi connectivity index (χ3n) is 3.95. The van der Waals surface area contributed by atoms with E-state index in [9.17, 15) is 0 Å². The van der Waals surface area contributed by atoms with Gasteiger partial charge in [0.1, 0.15) is 5.75 Å². The number of benzene rings is 1. The Bertz CT molecular complexity index is 387. The lowest BCUT2D eigenvalue weighted by atomic mass is 10.0. The normalized spacial score (nSPS) is 12.7. The van der Waals surface area contributed by atoms with Crippen molar-refractivity contribution in [3.63, 3.8) is 0 Å². The summed E-state index contributed by atoms with van der Waals surface area (Å²) in [6, 6.07) is 7.32. The van der Waals surface area contributed by atoms with Crippen LogP contribution >= 0.6 is 0 Å². The van der Waals surface area contributed by atoms with Crippen LogP contribution in [0.25, 0.3) is 0 Å². The molecule has 0 aliphatic carbocycles. The van der Waals surface area contributed by atoms with Gasteiger partial charge in [-0.05, 0) is 56.2 Å². The van der Waals surface area contributed by atoms with E-state index in [4.69, 9.17) is 4.74 Å². The average molecular weight is 278 g/mol. The van der Waals surface area contributed by atoms with Crippen molar-refractivity contribution in [3.8, 4) is 5.75 Å². The Hall–Kier alpha value is -1.02.